The Bertz CT molecular complexity index is 1010. The second-order valence-electron chi connectivity index (χ2n) is 5.21. The molecule has 3 rings (SSSR count). The van der Waals surface area contributed by atoms with Gasteiger partial charge in [0.25, 0.3) is 0 Å². The lowest BCUT2D eigenvalue weighted by Crippen LogP contribution is -2.11. The van der Waals surface area contributed by atoms with E-state index in [1.165, 1.54) is 12.1 Å². The number of anilines is 1. The van der Waals surface area contributed by atoms with Crippen LogP contribution in [0, 0.1) is 0 Å². The number of nitrogens with zero attached hydrogens (tertiary/aromatic N) is 2. The van der Waals surface area contributed by atoms with Crippen molar-refractivity contribution in [1.82, 2.24) is 10.1 Å². The maximum absolute atomic E-state index is 12.5. The van der Waals surface area contributed by atoms with E-state index in [0.29, 0.717) is 28.0 Å². The van der Waals surface area contributed by atoms with Crippen molar-refractivity contribution in [3.05, 3.63) is 59.4 Å². The van der Waals surface area contributed by atoms with Crippen LogP contribution < -0.4 is 5.32 Å². The summed E-state index contributed by atoms with van der Waals surface area (Å²) >= 11 is 5.92. The van der Waals surface area contributed by atoms with Crippen LogP contribution in [0.3, 0.4) is 0 Å². The van der Waals surface area contributed by atoms with E-state index in [0.717, 1.165) is 12.1 Å². The van der Waals surface area contributed by atoms with Crippen molar-refractivity contribution in [1.29, 1.82) is 0 Å². The standard InChI is InChI=1S/C16H12ClF2N3O3S/c17-11-3-1-2-10(8-11)15-21-14(25-22-15)9-20-12-4-6-13(7-5-12)26(23,24)16(18)19/h1-8,16,20H,9H2. The zero-order chi connectivity index (χ0) is 18.7. The van der Waals surface area contributed by atoms with E-state index in [4.69, 9.17) is 16.1 Å². The number of hydrogen-bond acceptors (Lipinski definition) is 6. The van der Waals surface area contributed by atoms with Crippen LogP contribution in [-0.2, 0) is 16.4 Å². The van der Waals surface area contributed by atoms with Gasteiger partial charge in [-0.3, -0.25) is 0 Å². The maximum atomic E-state index is 12.5. The van der Waals surface area contributed by atoms with E-state index in [1.54, 1.807) is 24.3 Å². The van der Waals surface area contributed by atoms with E-state index in [1.807, 2.05) is 0 Å². The van der Waals surface area contributed by atoms with Crippen LogP contribution in [0.2, 0.25) is 5.02 Å². The first-order chi connectivity index (χ1) is 12.4. The fraction of sp³-hybridized carbons (Fsp3) is 0.125. The molecule has 0 unspecified atom stereocenters. The normalized spacial score (nSPS) is 11.7. The fourth-order valence-corrected chi connectivity index (χ4v) is 3.03. The predicted molar refractivity (Wildman–Crippen MR) is 91.7 cm³/mol. The summed E-state index contributed by atoms with van der Waals surface area (Å²) in [6, 6.07) is 11.9. The van der Waals surface area contributed by atoms with Gasteiger partial charge >= 0.3 is 5.76 Å². The number of rotatable bonds is 6. The Labute approximate surface area is 152 Å². The molecule has 1 heterocycles. The third-order valence-corrected chi connectivity index (χ3v) is 5.05. The summed E-state index contributed by atoms with van der Waals surface area (Å²) in [6.07, 6.45) is 0. The van der Waals surface area contributed by atoms with Gasteiger partial charge in [0.2, 0.25) is 21.6 Å². The molecule has 0 bridgehead atoms. The van der Waals surface area contributed by atoms with Gasteiger partial charge in [-0.05, 0) is 36.4 Å². The Kier molecular flexibility index (Phi) is 5.19. The Morgan fingerprint density at radius 2 is 1.88 bits per heavy atom. The topological polar surface area (TPSA) is 85.1 Å². The van der Waals surface area contributed by atoms with Crippen LogP contribution in [0.15, 0.2) is 57.9 Å². The lowest BCUT2D eigenvalue weighted by Gasteiger charge is -2.06. The highest BCUT2D eigenvalue weighted by molar-refractivity contribution is 7.91. The molecule has 0 aliphatic heterocycles. The minimum atomic E-state index is -4.60. The first-order valence-corrected chi connectivity index (χ1v) is 9.23. The highest BCUT2D eigenvalue weighted by atomic mass is 35.5. The number of sulfone groups is 1. The minimum absolute atomic E-state index is 0.175. The number of benzene rings is 2. The van der Waals surface area contributed by atoms with E-state index in [2.05, 4.69) is 15.5 Å². The summed E-state index contributed by atoms with van der Waals surface area (Å²) in [5.74, 6) is -2.78. The third-order valence-electron chi connectivity index (χ3n) is 3.41. The smallest absolute Gasteiger partial charge is 0.341 e. The second-order valence-corrected chi connectivity index (χ2v) is 7.56. The zero-order valence-electron chi connectivity index (χ0n) is 13.1. The molecule has 3 aromatic rings. The summed E-state index contributed by atoms with van der Waals surface area (Å²) < 4.78 is 52.9. The van der Waals surface area contributed by atoms with Crippen LogP contribution in [0.1, 0.15) is 5.89 Å². The van der Waals surface area contributed by atoms with Gasteiger partial charge in [-0.15, -0.1) is 0 Å². The summed E-state index contributed by atoms with van der Waals surface area (Å²) in [6.45, 7) is 0.175. The summed E-state index contributed by atoms with van der Waals surface area (Å²) in [5, 5.41) is 7.35. The average molecular weight is 400 g/mol. The summed E-state index contributed by atoms with van der Waals surface area (Å²) in [5.41, 5.74) is 1.22. The second kappa shape index (κ2) is 7.38. The van der Waals surface area contributed by atoms with Crippen LogP contribution >= 0.6 is 11.6 Å². The molecular formula is C16H12ClF2N3O3S. The number of hydrogen-bond donors (Lipinski definition) is 1. The Morgan fingerprint density at radius 3 is 2.54 bits per heavy atom. The first kappa shape index (κ1) is 18.3. The number of nitrogens with one attached hydrogen (secondary N) is 1. The molecule has 0 atom stereocenters. The largest absolute Gasteiger partial charge is 0.376 e. The highest BCUT2D eigenvalue weighted by Crippen LogP contribution is 2.22. The van der Waals surface area contributed by atoms with Crippen LogP contribution in [0.5, 0.6) is 0 Å². The predicted octanol–water partition coefficient (Wildman–Crippen LogP) is 4.00. The molecule has 6 nitrogen and oxygen atoms in total. The summed E-state index contributed by atoms with van der Waals surface area (Å²) in [7, 11) is -4.60. The van der Waals surface area contributed by atoms with Gasteiger partial charge in [0.15, 0.2) is 0 Å². The van der Waals surface area contributed by atoms with E-state index >= 15 is 0 Å². The van der Waals surface area contributed by atoms with E-state index in [9.17, 15) is 17.2 Å². The van der Waals surface area contributed by atoms with E-state index in [-0.39, 0.29) is 6.54 Å². The lowest BCUT2D eigenvalue weighted by molar-refractivity contribution is 0.234. The first-order valence-electron chi connectivity index (χ1n) is 7.31. The average Bonchev–Trinajstić information content (AvgIpc) is 3.09. The molecule has 0 saturated heterocycles. The van der Waals surface area contributed by atoms with Crippen molar-refractivity contribution >= 4 is 27.1 Å². The molecule has 0 saturated carbocycles. The molecule has 0 fully saturated rings. The zero-order valence-corrected chi connectivity index (χ0v) is 14.6. The van der Waals surface area contributed by atoms with Gasteiger partial charge in [0, 0.05) is 16.3 Å². The van der Waals surface area contributed by atoms with Crippen LogP contribution in [0.25, 0.3) is 11.4 Å². The van der Waals surface area contributed by atoms with Crippen molar-refractivity contribution in [3.63, 3.8) is 0 Å². The molecule has 26 heavy (non-hydrogen) atoms. The van der Waals surface area contributed by atoms with Crippen LogP contribution in [-0.4, -0.2) is 24.3 Å². The molecule has 1 N–H and O–H groups in total. The van der Waals surface area contributed by atoms with Crippen molar-refractivity contribution in [2.45, 2.75) is 17.2 Å². The quantitative estimate of drug-likeness (QED) is 0.674. The van der Waals surface area contributed by atoms with Gasteiger partial charge in [0.05, 0.1) is 11.4 Å². The monoisotopic (exact) mass is 399 g/mol. The third kappa shape index (κ3) is 4.00. The molecule has 10 heteroatoms. The van der Waals surface area contributed by atoms with Crippen molar-refractivity contribution < 1.29 is 21.7 Å². The molecule has 0 radical (unpaired) electrons. The Hall–Kier alpha value is -2.52. The molecular weight excluding hydrogens is 388 g/mol. The highest BCUT2D eigenvalue weighted by Gasteiger charge is 2.26. The molecule has 1 aromatic heterocycles. The van der Waals surface area contributed by atoms with Gasteiger partial charge in [-0.25, -0.2) is 8.42 Å². The van der Waals surface area contributed by atoms with Crippen LogP contribution in [0.4, 0.5) is 14.5 Å². The Balaban J connectivity index is 1.67. The van der Waals surface area contributed by atoms with Crippen molar-refractivity contribution in [3.8, 4) is 11.4 Å². The molecule has 0 aliphatic carbocycles. The van der Waals surface area contributed by atoms with Crippen molar-refractivity contribution in [2.24, 2.45) is 0 Å². The number of aromatic nitrogens is 2. The summed E-state index contributed by atoms with van der Waals surface area (Å²) in [4.78, 5) is 3.78. The SMILES string of the molecule is O=S(=O)(c1ccc(NCc2nc(-c3cccc(Cl)c3)no2)cc1)C(F)F. The van der Waals surface area contributed by atoms with E-state index < -0.39 is 20.5 Å². The molecule has 0 amide bonds. The van der Waals surface area contributed by atoms with Gasteiger partial charge < -0.3 is 9.84 Å². The molecule has 2 aromatic carbocycles. The number of alkyl halides is 2. The fourth-order valence-electron chi connectivity index (χ4n) is 2.11. The minimum Gasteiger partial charge on any atom is -0.376 e. The lowest BCUT2D eigenvalue weighted by atomic mass is 10.2. The molecule has 136 valence electrons. The van der Waals surface area contributed by atoms with Gasteiger partial charge in [0.1, 0.15) is 0 Å². The maximum Gasteiger partial charge on any atom is 0.341 e. The van der Waals surface area contributed by atoms with Crippen molar-refractivity contribution in [2.75, 3.05) is 5.32 Å². The van der Waals surface area contributed by atoms with Gasteiger partial charge in [-0.1, -0.05) is 28.9 Å². The molecule has 0 aliphatic rings. The number of halogens is 3. The van der Waals surface area contributed by atoms with Gasteiger partial charge in [-0.2, -0.15) is 13.8 Å². The molecule has 0 spiro atoms. The Morgan fingerprint density at radius 1 is 1.15 bits per heavy atom.